The van der Waals surface area contributed by atoms with Gasteiger partial charge in [-0.25, -0.2) is 9.78 Å². The Labute approximate surface area is 240 Å². The lowest BCUT2D eigenvalue weighted by Crippen LogP contribution is -2.23. The van der Waals surface area contributed by atoms with Crippen LogP contribution < -0.4 is 10.6 Å². The number of hydrogen-bond donors (Lipinski definition) is 4. The molecule has 0 fully saturated rings. The van der Waals surface area contributed by atoms with Gasteiger partial charge in [-0.2, -0.15) is 13.2 Å². The smallest absolute Gasteiger partial charge is 0.368 e. The quantitative estimate of drug-likeness (QED) is 0.130. The van der Waals surface area contributed by atoms with Crippen molar-refractivity contribution in [3.8, 4) is 11.1 Å². The van der Waals surface area contributed by atoms with E-state index < -0.39 is 30.0 Å². The van der Waals surface area contributed by atoms with Crippen LogP contribution in [0.4, 0.5) is 29.5 Å². The van der Waals surface area contributed by atoms with E-state index in [-0.39, 0.29) is 23.7 Å². The van der Waals surface area contributed by atoms with E-state index in [1.807, 2.05) is 6.07 Å². The van der Waals surface area contributed by atoms with Crippen molar-refractivity contribution in [3.05, 3.63) is 108 Å². The maximum atomic E-state index is 12.9. The molecule has 42 heavy (non-hydrogen) atoms. The maximum absolute atomic E-state index is 12.9. The Hall–Kier alpha value is -4.61. The number of ketones is 1. The first-order valence-electron chi connectivity index (χ1n) is 13.1. The summed E-state index contributed by atoms with van der Waals surface area (Å²) in [5.74, 6) is -0.591. The third-order valence-electron chi connectivity index (χ3n) is 6.71. The third kappa shape index (κ3) is 8.21. The molecule has 1 atom stereocenters. The highest BCUT2D eigenvalue weighted by atomic mass is 19.4. The molecular weight excluding hydrogens is 549 g/mol. The minimum Gasteiger partial charge on any atom is -0.368 e. The first kappa shape index (κ1) is 30.4. The highest BCUT2D eigenvalue weighted by Crippen LogP contribution is 2.30. The maximum Gasteiger partial charge on any atom is 0.416 e. The highest BCUT2D eigenvalue weighted by Gasteiger charge is 2.30. The van der Waals surface area contributed by atoms with Gasteiger partial charge in [0.1, 0.15) is 5.82 Å². The van der Waals surface area contributed by atoms with E-state index in [1.54, 1.807) is 61.8 Å². The van der Waals surface area contributed by atoms with Crippen LogP contribution in [-0.2, 0) is 12.6 Å². The number of hydrogen-bond acceptors (Lipinski definition) is 6. The van der Waals surface area contributed by atoms with Crippen molar-refractivity contribution in [1.82, 2.24) is 9.97 Å². The van der Waals surface area contributed by atoms with E-state index in [2.05, 4.69) is 20.6 Å². The molecule has 4 rings (SSSR count). The van der Waals surface area contributed by atoms with Gasteiger partial charge in [0.25, 0.3) is 0 Å². The van der Waals surface area contributed by atoms with E-state index in [1.165, 1.54) is 0 Å². The number of carbonyl (C=O) groups excluding carboxylic acids is 2. The van der Waals surface area contributed by atoms with Crippen molar-refractivity contribution in [1.29, 1.82) is 0 Å². The number of aromatic nitrogens is 2. The van der Waals surface area contributed by atoms with Gasteiger partial charge in [0.05, 0.1) is 5.56 Å². The number of aliphatic hydroxyl groups is 2. The van der Waals surface area contributed by atoms with Crippen LogP contribution in [0.3, 0.4) is 0 Å². The van der Waals surface area contributed by atoms with Crippen molar-refractivity contribution >= 4 is 23.3 Å². The van der Waals surface area contributed by atoms with E-state index in [4.69, 9.17) is 0 Å². The number of aryl methyl sites for hydroxylation is 2. The normalized spacial score (nSPS) is 12.2. The Balaban J connectivity index is 1.35. The summed E-state index contributed by atoms with van der Waals surface area (Å²) in [4.78, 5) is 33.6. The van der Waals surface area contributed by atoms with Crippen LogP contribution in [0.2, 0.25) is 0 Å². The Morgan fingerprint density at radius 3 is 2.24 bits per heavy atom. The molecule has 0 bridgehead atoms. The average Bonchev–Trinajstić information content (AvgIpc) is 2.95. The van der Waals surface area contributed by atoms with Crippen molar-refractivity contribution in [2.75, 3.05) is 10.6 Å². The first-order chi connectivity index (χ1) is 20.0. The van der Waals surface area contributed by atoms with E-state index >= 15 is 0 Å². The summed E-state index contributed by atoms with van der Waals surface area (Å²) in [5.41, 5.74) is 2.91. The molecule has 0 aliphatic rings. The number of benzene rings is 2. The number of anilines is 2. The monoisotopic (exact) mass is 578 g/mol. The molecule has 0 aliphatic heterocycles. The topological polar surface area (TPSA) is 124 Å². The number of alkyl halides is 3. The number of halogens is 3. The van der Waals surface area contributed by atoms with Crippen molar-refractivity contribution < 1.29 is 33.0 Å². The van der Waals surface area contributed by atoms with Gasteiger partial charge in [-0.05, 0) is 73.4 Å². The Bertz CT molecular complexity index is 1510. The molecule has 2 heterocycles. The zero-order valence-corrected chi connectivity index (χ0v) is 22.6. The Morgan fingerprint density at radius 1 is 0.929 bits per heavy atom. The molecular formula is C31H29F3N4O4. The molecule has 2 aromatic heterocycles. The van der Waals surface area contributed by atoms with Crippen LogP contribution in [0.5, 0.6) is 0 Å². The summed E-state index contributed by atoms with van der Waals surface area (Å²) >= 11 is 0. The molecule has 4 aromatic rings. The van der Waals surface area contributed by atoms with Gasteiger partial charge < -0.3 is 15.5 Å². The lowest BCUT2D eigenvalue weighted by molar-refractivity contribution is -0.137. The molecule has 0 radical (unpaired) electrons. The minimum atomic E-state index is -4.47. The number of pyridine rings is 2. The predicted octanol–water partition coefficient (Wildman–Crippen LogP) is 6.25. The number of nitrogens with one attached hydrogen (secondary N) is 2. The second-order valence-corrected chi connectivity index (χ2v) is 9.76. The van der Waals surface area contributed by atoms with Crippen LogP contribution in [0.15, 0.2) is 85.2 Å². The van der Waals surface area contributed by atoms with E-state index in [0.717, 1.165) is 41.0 Å². The number of amides is 2. The van der Waals surface area contributed by atoms with Crippen LogP contribution in [0, 0.1) is 12.8 Å². The molecule has 8 nitrogen and oxygen atoms in total. The first-order valence-corrected chi connectivity index (χ1v) is 13.1. The SMILES string of the molecule is Cc1nc(NC(=O)Nc2ccc(C(F)(F)F)cc2)ccc1-c1ccc(C(=O)CC(CCc2cccnc2)C(O)O)cc1. The summed E-state index contributed by atoms with van der Waals surface area (Å²) in [7, 11) is 0. The lowest BCUT2D eigenvalue weighted by Gasteiger charge is -2.18. The molecule has 0 aliphatic carbocycles. The van der Waals surface area contributed by atoms with Crippen LogP contribution in [0.25, 0.3) is 11.1 Å². The summed E-state index contributed by atoms with van der Waals surface area (Å²) in [6.07, 6.45) is -1.76. The molecule has 2 aromatic carbocycles. The fourth-order valence-electron chi connectivity index (χ4n) is 4.40. The fraction of sp³-hybridized carbons (Fsp3) is 0.226. The van der Waals surface area contributed by atoms with E-state index in [0.29, 0.717) is 24.1 Å². The molecule has 1 unspecified atom stereocenters. The average molecular weight is 579 g/mol. The molecule has 2 amide bonds. The molecule has 11 heteroatoms. The minimum absolute atomic E-state index is 0.0211. The Kier molecular flexibility index (Phi) is 9.66. The molecule has 4 N–H and O–H groups in total. The molecule has 0 saturated heterocycles. The van der Waals surface area contributed by atoms with Gasteiger partial charge in [-0.1, -0.05) is 30.3 Å². The number of nitrogens with zero attached hydrogens (tertiary/aromatic N) is 2. The van der Waals surface area contributed by atoms with Gasteiger partial charge >= 0.3 is 12.2 Å². The predicted molar refractivity (Wildman–Crippen MR) is 152 cm³/mol. The number of carbonyl (C=O) groups is 2. The standard InChI is InChI=1S/C31H29F3N4O4/c1-19-26(14-15-28(36-19)38-30(42)37-25-12-10-24(11-13-25)31(32,33)34)21-6-8-22(9-7-21)27(39)17-23(29(40)41)5-4-20-3-2-16-35-18-20/h2-3,6-16,18,23,29,40-41H,4-5,17H2,1H3,(H2,36,37,38,42). The second kappa shape index (κ2) is 13.4. The lowest BCUT2D eigenvalue weighted by atomic mass is 9.91. The van der Waals surface area contributed by atoms with Crippen LogP contribution in [0.1, 0.15) is 40.0 Å². The number of Topliss-reactive ketones (excluding diaryl/α,β-unsaturated/α-hetero) is 1. The van der Waals surface area contributed by atoms with Crippen LogP contribution >= 0.6 is 0 Å². The largest absolute Gasteiger partial charge is 0.416 e. The zero-order valence-electron chi connectivity index (χ0n) is 22.6. The molecule has 0 spiro atoms. The van der Waals surface area contributed by atoms with Crippen molar-refractivity contribution in [2.24, 2.45) is 5.92 Å². The Morgan fingerprint density at radius 2 is 1.64 bits per heavy atom. The van der Waals surface area contributed by atoms with Crippen molar-refractivity contribution in [3.63, 3.8) is 0 Å². The van der Waals surface area contributed by atoms with Gasteiger partial charge in [0.2, 0.25) is 0 Å². The third-order valence-corrected chi connectivity index (χ3v) is 6.71. The molecule has 0 saturated carbocycles. The van der Waals surface area contributed by atoms with Crippen molar-refractivity contribution in [2.45, 2.75) is 38.7 Å². The summed E-state index contributed by atoms with van der Waals surface area (Å²) < 4.78 is 38.2. The number of urea groups is 1. The second-order valence-electron chi connectivity index (χ2n) is 9.76. The summed E-state index contributed by atoms with van der Waals surface area (Å²) in [6, 6.07) is 17.3. The van der Waals surface area contributed by atoms with Gasteiger partial charge in [-0.3, -0.25) is 15.1 Å². The number of rotatable bonds is 10. The zero-order chi connectivity index (χ0) is 30.3. The fourth-order valence-corrected chi connectivity index (χ4v) is 4.40. The van der Waals surface area contributed by atoms with E-state index in [9.17, 15) is 33.0 Å². The van der Waals surface area contributed by atoms with Gasteiger partial charge in [-0.15, -0.1) is 0 Å². The van der Waals surface area contributed by atoms with Crippen LogP contribution in [-0.4, -0.2) is 38.3 Å². The summed E-state index contributed by atoms with van der Waals surface area (Å²) in [5, 5.41) is 24.6. The summed E-state index contributed by atoms with van der Waals surface area (Å²) in [6.45, 7) is 1.75. The van der Waals surface area contributed by atoms with Gasteiger partial charge in [0, 0.05) is 47.2 Å². The highest BCUT2D eigenvalue weighted by molar-refractivity contribution is 5.99. The van der Waals surface area contributed by atoms with Gasteiger partial charge in [0.15, 0.2) is 12.1 Å². The number of aliphatic hydroxyl groups excluding tert-OH is 1. The molecule has 218 valence electrons.